The molecule has 2 atom stereocenters. The number of piperidine rings is 2. The summed E-state index contributed by atoms with van der Waals surface area (Å²) in [7, 11) is 0. The zero-order valence-electron chi connectivity index (χ0n) is 15.3. The van der Waals surface area contributed by atoms with Crippen molar-refractivity contribution in [1.82, 2.24) is 14.8 Å². The number of carbonyl (C=O) groups excluding carboxylic acids is 1. The Labute approximate surface area is 160 Å². The third-order valence-electron chi connectivity index (χ3n) is 6.13. The zero-order chi connectivity index (χ0) is 17.9. The predicted molar refractivity (Wildman–Crippen MR) is 107 cm³/mol. The van der Waals surface area contributed by atoms with Crippen molar-refractivity contribution in [1.29, 1.82) is 0 Å². The normalized spacial score (nSPS) is 23.7. The fourth-order valence-corrected chi connectivity index (χ4v) is 4.98. The van der Waals surface area contributed by atoms with Gasteiger partial charge in [-0.1, -0.05) is 24.1 Å². The Morgan fingerprint density at radius 3 is 2.96 bits per heavy atom. The second-order valence-electron chi connectivity index (χ2n) is 7.74. The van der Waals surface area contributed by atoms with E-state index in [4.69, 9.17) is 11.6 Å². The summed E-state index contributed by atoms with van der Waals surface area (Å²) in [6.07, 6.45) is 9.04. The maximum atomic E-state index is 12.4. The highest BCUT2D eigenvalue weighted by molar-refractivity contribution is 6.35. The number of benzene rings is 1. The molecular formula is C21H28ClN3O. The van der Waals surface area contributed by atoms with Crippen molar-refractivity contribution in [2.45, 2.75) is 51.1 Å². The van der Waals surface area contributed by atoms with Crippen LogP contribution in [0, 0.1) is 5.92 Å². The number of aromatic nitrogens is 1. The molecule has 2 aliphatic rings. The molecule has 2 fully saturated rings. The Kier molecular flexibility index (Phi) is 5.51. The molecule has 4 nitrogen and oxygen atoms in total. The first-order valence-electron chi connectivity index (χ1n) is 9.96. The minimum absolute atomic E-state index is 0.154. The molecule has 0 spiro atoms. The highest BCUT2D eigenvalue weighted by Crippen LogP contribution is 2.30. The summed E-state index contributed by atoms with van der Waals surface area (Å²) in [5.74, 6) is 0.779. The van der Waals surface area contributed by atoms with Gasteiger partial charge in [-0.25, -0.2) is 0 Å². The summed E-state index contributed by atoms with van der Waals surface area (Å²) in [6.45, 7) is 4.02. The minimum Gasteiger partial charge on any atom is -0.356 e. The summed E-state index contributed by atoms with van der Waals surface area (Å²) >= 11 is 6.23. The van der Waals surface area contributed by atoms with Gasteiger partial charge in [0, 0.05) is 47.7 Å². The molecule has 5 heteroatoms. The van der Waals surface area contributed by atoms with Gasteiger partial charge in [0.05, 0.1) is 0 Å². The molecule has 26 heavy (non-hydrogen) atoms. The molecule has 1 aromatic carbocycles. The van der Waals surface area contributed by atoms with Crippen molar-refractivity contribution in [2.75, 3.05) is 19.6 Å². The number of nitrogens with zero attached hydrogens (tertiary/aromatic N) is 2. The quantitative estimate of drug-likeness (QED) is 0.857. The van der Waals surface area contributed by atoms with Gasteiger partial charge in [0.15, 0.2) is 0 Å². The highest BCUT2D eigenvalue weighted by Gasteiger charge is 2.32. The van der Waals surface area contributed by atoms with Gasteiger partial charge in [0.25, 0.3) is 0 Å². The van der Waals surface area contributed by atoms with Gasteiger partial charge in [-0.2, -0.15) is 0 Å². The lowest BCUT2D eigenvalue weighted by molar-refractivity contribution is -0.121. The monoisotopic (exact) mass is 373 g/mol. The minimum atomic E-state index is 0.154. The van der Waals surface area contributed by atoms with Gasteiger partial charge >= 0.3 is 0 Å². The van der Waals surface area contributed by atoms with Gasteiger partial charge in [-0.15, -0.1) is 0 Å². The zero-order valence-corrected chi connectivity index (χ0v) is 16.0. The van der Waals surface area contributed by atoms with E-state index in [1.807, 2.05) is 24.4 Å². The van der Waals surface area contributed by atoms with E-state index >= 15 is 0 Å². The van der Waals surface area contributed by atoms with Crippen molar-refractivity contribution in [3.8, 4) is 0 Å². The van der Waals surface area contributed by atoms with Crippen molar-refractivity contribution < 1.29 is 4.79 Å². The standard InChI is InChI=1S/C21H28ClN3O/c22-18-6-3-8-20-17(18)9-13-25(20)14-10-21(26)23-15-16-5-4-12-24-11-2-1-7-19(16)24/h3,6,8-9,13,16,19H,1-2,4-5,7,10-12,14-15H2,(H,23,26). The molecule has 0 bridgehead atoms. The number of hydrogen-bond donors (Lipinski definition) is 1. The van der Waals surface area contributed by atoms with Crippen LogP contribution in [-0.4, -0.2) is 41.1 Å². The first-order valence-corrected chi connectivity index (χ1v) is 10.3. The lowest BCUT2D eigenvalue weighted by Crippen LogP contribution is -2.51. The molecule has 1 N–H and O–H groups in total. The van der Waals surface area contributed by atoms with E-state index in [0.717, 1.165) is 22.5 Å². The molecule has 2 aliphatic heterocycles. The van der Waals surface area contributed by atoms with Crippen LogP contribution in [0.15, 0.2) is 30.5 Å². The third-order valence-corrected chi connectivity index (χ3v) is 6.46. The first kappa shape index (κ1) is 17.9. The number of halogens is 1. The average Bonchev–Trinajstić information content (AvgIpc) is 3.09. The van der Waals surface area contributed by atoms with E-state index in [9.17, 15) is 4.79 Å². The van der Waals surface area contributed by atoms with Crippen molar-refractivity contribution in [3.05, 3.63) is 35.5 Å². The fraction of sp³-hybridized carbons (Fsp3) is 0.571. The lowest BCUT2D eigenvalue weighted by Gasteiger charge is -2.44. The van der Waals surface area contributed by atoms with Crippen LogP contribution in [-0.2, 0) is 11.3 Å². The topological polar surface area (TPSA) is 37.3 Å². The predicted octanol–water partition coefficient (Wildman–Crippen LogP) is 4.07. The summed E-state index contributed by atoms with van der Waals surface area (Å²) in [4.78, 5) is 15.0. The number of hydrogen-bond acceptors (Lipinski definition) is 2. The molecule has 2 aromatic rings. The van der Waals surface area contributed by atoms with Gasteiger partial charge in [-0.3, -0.25) is 4.79 Å². The van der Waals surface area contributed by atoms with Gasteiger partial charge < -0.3 is 14.8 Å². The molecule has 1 amide bonds. The van der Waals surface area contributed by atoms with E-state index in [0.29, 0.717) is 24.9 Å². The van der Waals surface area contributed by atoms with Crippen LogP contribution in [0.2, 0.25) is 5.02 Å². The van der Waals surface area contributed by atoms with Crippen molar-refractivity contribution >= 4 is 28.4 Å². The summed E-state index contributed by atoms with van der Waals surface area (Å²) in [5, 5.41) is 5.02. The maximum Gasteiger partial charge on any atom is 0.221 e. The number of aryl methyl sites for hydroxylation is 1. The molecule has 2 saturated heterocycles. The van der Waals surface area contributed by atoms with Crippen LogP contribution in [0.25, 0.3) is 10.9 Å². The molecule has 0 radical (unpaired) electrons. The fourth-order valence-electron chi connectivity index (χ4n) is 4.75. The number of nitrogens with one attached hydrogen (secondary N) is 1. The van der Waals surface area contributed by atoms with Crippen LogP contribution in [0.4, 0.5) is 0 Å². The summed E-state index contributed by atoms with van der Waals surface area (Å²) in [5.41, 5.74) is 1.09. The van der Waals surface area contributed by atoms with Crippen molar-refractivity contribution in [2.24, 2.45) is 5.92 Å². The van der Waals surface area contributed by atoms with Crippen LogP contribution in [0.3, 0.4) is 0 Å². The summed E-state index contributed by atoms with van der Waals surface area (Å²) < 4.78 is 2.12. The van der Waals surface area contributed by atoms with Crippen LogP contribution < -0.4 is 5.32 Å². The maximum absolute atomic E-state index is 12.4. The van der Waals surface area contributed by atoms with E-state index in [-0.39, 0.29) is 5.91 Å². The molecule has 0 aliphatic carbocycles. The Balaban J connectivity index is 1.29. The summed E-state index contributed by atoms with van der Waals surface area (Å²) in [6, 6.07) is 8.63. The Morgan fingerprint density at radius 2 is 2.04 bits per heavy atom. The number of rotatable bonds is 5. The number of carbonyl (C=O) groups is 1. The molecule has 140 valence electrons. The lowest BCUT2D eigenvalue weighted by atomic mass is 9.83. The smallest absolute Gasteiger partial charge is 0.221 e. The Morgan fingerprint density at radius 1 is 1.15 bits per heavy atom. The molecule has 3 heterocycles. The van der Waals surface area contributed by atoms with Crippen LogP contribution in [0.5, 0.6) is 0 Å². The van der Waals surface area contributed by atoms with Gasteiger partial charge in [0.1, 0.15) is 0 Å². The van der Waals surface area contributed by atoms with Gasteiger partial charge in [-0.05, 0) is 62.9 Å². The number of amides is 1. The molecule has 4 rings (SSSR count). The van der Waals surface area contributed by atoms with E-state index < -0.39 is 0 Å². The number of fused-ring (bicyclic) bond motifs is 2. The second kappa shape index (κ2) is 8.01. The average molecular weight is 374 g/mol. The molecule has 2 unspecified atom stereocenters. The van der Waals surface area contributed by atoms with Crippen LogP contribution in [0.1, 0.15) is 38.5 Å². The van der Waals surface area contributed by atoms with E-state index in [1.165, 1.54) is 45.2 Å². The van der Waals surface area contributed by atoms with E-state index in [1.54, 1.807) is 0 Å². The second-order valence-corrected chi connectivity index (χ2v) is 8.14. The SMILES string of the molecule is O=C(CCn1ccc2c(Cl)cccc21)NCC1CCCN2CCCCC12. The highest BCUT2D eigenvalue weighted by atomic mass is 35.5. The van der Waals surface area contributed by atoms with E-state index in [2.05, 4.69) is 20.9 Å². The van der Waals surface area contributed by atoms with Crippen LogP contribution >= 0.6 is 11.6 Å². The molecule has 1 aromatic heterocycles. The van der Waals surface area contributed by atoms with Gasteiger partial charge in [0.2, 0.25) is 5.91 Å². The Bertz CT molecular complexity index is 770. The first-order chi connectivity index (χ1) is 12.7. The Hall–Kier alpha value is -1.52. The molecular weight excluding hydrogens is 346 g/mol. The largest absolute Gasteiger partial charge is 0.356 e. The van der Waals surface area contributed by atoms with Crippen molar-refractivity contribution in [3.63, 3.8) is 0 Å². The third kappa shape index (κ3) is 3.77. The molecule has 0 saturated carbocycles.